The first-order valence-electron chi connectivity index (χ1n) is 8.01. The number of anilines is 1. The highest BCUT2D eigenvalue weighted by molar-refractivity contribution is 6.06. The fourth-order valence-electron chi connectivity index (χ4n) is 2.61. The van der Waals surface area contributed by atoms with Crippen LogP contribution in [0.25, 0.3) is 0 Å². The lowest BCUT2D eigenvalue weighted by atomic mass is 9.93. The van der Waals surface area contributed by atoms with Crippen molar-refractivity contribution in [3.63, 3.8) is 0 Å². The Balaban J connectivity index is 2.40. The molecule has 144 valence electrons. The lowest BCUT2D eigenvalue weighted by Crippen LogP contribution is -2.49. The summed E-state index contributed by atoms with van der Waals surface area (Å²) in [5.41, 5.74) is -3.75. The van der Waals surface area contributed by atoms with E-state index in [1.807, 2.05) is 0 Å². The molecule has 2 aromatic carbocycles. The molecule has 0 aromatic heterocycles. The maximum absolute atomic E-state index is 13.3. The summed E-state index contributed by atoms with van der Waals surface area (Å²) < 4.78 is 44.0. The number of amides is 1. The third-order valence-corrected chi connectivity index (χ3v) is 4.07. The van der Waals surface area contributed by atoms with Crippen LogP contribution >= 0.6 is 0 Å². The molecule has 2 aromatic rings. The number of aliphatic hydroxyl groups is 1. The van der Waals surface area contributed by atoms with E-state index in [0.717, 1.165) is 19.2 Å². The van der Waals surface area contributed by atoms with Gasteiger partial charge in [0.2, 0.25) is 0 Å². The van der Waals surface area contributed by atoms with Crippen molar-refractivity contribution >= 4 is 17.6 Å². The summed E-state index contributed by atoms with van der Waals surface area (Å²) in [4.78, 5) is 25.6. The third-order valence-electron chi connectivity index (χ3n) is 4.07. The second-order valence-corrected chi connectivity index (χ2v) is 5.66. The zero-order chi connectivity index (χ0) is 20.2. The normalized spacial score (nSPS) is 13.6. The van der Waals surface area contributed by atoms with E-state index in [2.05, 4.69) is 4.74 Å². The Morgan fingerprint density at radius 2 is 1.59 bits per heavy atom. The van der Waals surface area contributed by atoms with E-state index in [1.165, 1.54) is 17.0 Å². The summed E-state index contributed by atoms with van der Waals surface area (Å²) in [7, 11) is 0.755. The van der Waals surface area contributed by atoms with Gasteiger partial charge in [0.05, 0.1) is 7.11 Å². The van der Waals surface area contributed by atoms with E-state index >= 15 is 0 Å². The number of esters is 1. The highest BCUT2D eigenvalue weighted by Gasteiger charge is 2.62. The van der Waals surface area contributed by atoms with E-state index in [-0.39, 0.29) is 12.5 Å². The van der Waals surface area contributed by atoms with Crippen molar-refractivity contribution in [1.82, 2.24) is 0 Å². The molecule has 2 rings (SSSR count). The summed E-state index contributed by atoms with van der Waals surface area (Å²) in [6.07, 6.45) is -5.27. The van der Waals surface area contributed by atoms with Crippen LogP contribution in [0.4, 0.5) is 18.9 Å². The predicted octanol–water partition coefficient (Wildman–Crippen LogP) is 3.28. The molecular formula is C19H18F3NO4. The molecule has 1 atom stereocenters. The largest absolute Gasteiger partial charge is 0.466 e. The molecule has 0 bridgehead atoms. The van der Waals surface area contributed by atoms with Gasteiger partial charge >= 0.3 is 12.1 Å². The van der Waals surface area contributed by atoms with E-state index in [9.17, 15) is 27.9 Å². The number of alkyl halides is 3. The monoisotopic (exact) mass is 381 g/mol. The molecule has 27 heavy (non-hydrogen) atoms. The molecule has 0 saturated heterocycles. The van der Waals surface area contributed by atoms with Gasteiger partial charge in [-0.15, -0.1) is 0 Å². The molecule has 0 unspecified atom stereocenters. The van der Waals surface area contributed by atoms with Gasteiger partial charge in [-0.1, -0.05) is 30.3 Å². The number of ether oxygens (including phenoxy) is 1. The Morgan fingerprint density at radius 3 is 2.04 bits per heavy atom. The third kappa shape index (κ3) is 3.80. The van der Waals surface area contributed by atoms with Crippen LogP contribution in [0.2, 0.25) is 0 Å². The second kappa shape index (κ2) is 7.79. The molecular weight excluding hydrogens is 363 g/mol. The van der Waals surface area contributed by atoms with Crippen LogP contribution in [0, 0.1) is 0 Å². The minimum absolute atomic E-state index is 0.271. The van der Waals surface area contributed by atoms with Crippen molar-refractivity contribution in [2.24, 2.45) is 0 Å². The molecule has 1 N–H and O–H groups in total. The minimum Gasteiger partial charge on any atom is -0.466 e. The number of halogens is 3. The van der Waals surface area contributed by atoms with Crippen molar-refractivity contribution in [2.75, 3.05) is 18.6 Å². The van der Waals surface area contributed by atoms with Crippen molar-refractivity contribution in [1.29, 1.82) is 0 Å². The number of rotatable bonds is 5. The Morgan fingerprint density at radius 1 is 1.04 bits per heavy atom. The molecule has 0 fully saturated rings. The highest BCUT2D eigenvalue weighted by atomic mass is 19.4. The van der Waals surface area contributed by atoms with Crippen molar-refractivity contribution < 1.29 is 32.6 Å². The van der Waals surface area contributed by atoms with Crippen LogP contribution in [0.3, 0.4) is 0 Å². The van der Waals surface area contributed by atoms with Gasteiger partial charge in [-0.3, -0.25) is 4.79 Å². The molecule has 5 nitrogen and oxygen atoms in total. The van der Waals surface area contributed by atoms with Gasteiger partial charge in [-0.2, -0.15) is 13.2 Å². The van der Waals surface area contributed by atoms with Crippen LogP contribution in [0.5, 0.6) is 0 Å². The molecule has 0 aliphatic carbocycles. The smallest absolute Gasteiger partial charge is 0.432 e. The average molecular weight is 381 g/mol. The van der Waals surface area contributed by atoms with Crippen LogP contribution in [-0.2, 0) is 15.1 Å². The summed E-state index contributed by atoms with van der Waals surface area (Å²) >= 11 is 0. The van der Waals surface area contributed by atoms with Gasteiger partial charge in [0.25, 0.3) is 11.5 Å². The Hall–Kier alpha value is -2.87. The number of carbonyl (C=O) groups is 2. The van der Waals surface area contributed by atoms with Gasteiger partial charge in [0, 0.05) is 23.4 Å². The van der Waals surface area contributed by atoms with E-state index in [1.54, 1.807) is 37.3 Å². The summed E-state index contributed by atoms with van der Waals surface area (Å²) in [5, 5.41) is 9.98. The van der Waals surface area contributed by atoms with Gasteiger partial charge < -0.3 is 14.7 Å². The quantitative estimate of drug-likeness (QED) is 0.808. The predicted molar refractivity (Wildman–Crippen MR) is 92.2 cm³/mol. The maximum atomic E-state index is 13.3. The number of carbonyl (C=O) groups excluding carboxylic acids is 2. The lowest BCUT2D eigenvalue weighted by Gasteiger charge is -2.28. The average Bonchev–Trinajstić information content (AvgIpc) is 2.67. The molecule has 0 aliphatic heterocycles. The Kier molecular flexibility index (Phi) is 5.90. The van der Waals surface area contributed by atoms with Gasteiger partial charge in [-0.05, 0) is 31.2 Å². The summed E-state index contributed by atoms with van der Waals surface area (Å²) in [6.45, 7) is 1.99. The number of benzene rings is 2. The van der Waals surface area contributed by atoms with Gasteiger partial charge in [0.15, 0.2) is 0 Å². The maximum Gasteiger partial charge on any atom is 0.432 e. The number of nitrogens with zero attached hydrogens (tertiary/aromatic N) is 1. The highest BCUT2D eigenvalue weighted by Crippen LogP contribution is 2.40. The first-order valence-corrected chi connectivity index (χ1v) is 8.01. The zero-order valence-corrected chi connectivity index (χ0v) is 14.7. The molecule has 0 saturated carbocycles. The Labute approximate surface area is 154 Å². The summed E-state index contributed by atoms with van der Waals surface area (Å²) in [6, 6.07) is 12.8. The number of methoxy groups -OCH3 is 1. The van der Waals surface area contributed by atoms with Crippen LogP contribution in [0.15, 0.2) is 54.6 Å². The van der Waals surface area contributed by atoms with E-state index < -0.39 is 23.3 Å². The number of hydrogen-bond donors (Lipinski definition) is 1. The molecule has 0 spiro atoms. The fourth-order valence-corrected chi connectivity index (χ4v) is 2.61. The molecule has 0 heterocycles. The summed E-state index contributed by atoms with van der Waals surface area (Å²) in [5.74, 6) is -2.17. The van der Waals surface area contributed by atoms with E-state index in [4.69, 9.17) is 0 Å². The SMILES string of the molecule is CCN(C(=O)c1ccccc1)c1ccc([C@](O)(C(=O)OC)C(F)(F)F)cc1. The van der Waals surface area contributed by atoms with E-state index in [0.29, 0.717) is 11.3 Å². The topological polar surface area (TPSA) is 66.8 Å². The first kappa shape index (κ1) is 20.4. The van der Waals surface area contributed by atoms with Crippen molar-refractivity contribution in [3.8, 4) is 0 Å². The lowest BCUT2D eigenvalue weighted by molar-refractivity contribution is -0.266. The molecule has 0 aliphatic rings. The molecule has 0 radical (unpaired) electrons. The standard InChI is InChI=1S/C19H18F3NO4/c1-3-23(16(24)13-7-5-4-6-8-13)15-11-9-14(10-12-15)18(26,17(25)27-2)19(20,21)22/h4-12,26H,3H2,1-2H3/t18-/m0/s1. The zero-order valence-electron chi connectivity index (χ0n) is 14.7. The van der Waals surface area contributed by atoms with Crippen molar-refractivity contribution in [2.45, 2.75) is 18.7 Å². The van der Waals surface area contributed by atoms with Gasteiger partial charge in [-0.25, -0.2) is 4.79 Å². The molecule has 8 heteroatoms. The minimum atomic E-state index is -5.27. The van der Waals surface area contributed by atoms with Crippen LogP contribution < -0.4 is 4.90 Å². The molecule has 1 amide bonds. The number of hydrogen-bond acceptors (Lipinski definition) is 4. The van der Waals surface area contributed by atoms with Gasteiger partial charge in [0.1, 0.15) is 0 Å². The first-order chi connectivity index (χ1) is 12.7. The Bertz CT molecular complexity index is 806. The van der Waals surface area contributed by atoms with Crippen molar-refractivity contribution in [3.05, 3.63) is 65.7 Å². The second-order valence-electron chi connectivity index (χ2n) is 5.66. The van der Waals surface area contributed by atoms with Crippen LogP contribution in [-0.4, -0.2) is 36.8 Å². The van der Waals surface area contributed by atoms with Crippen LogP contribution in [0.1, 0.15) is 22.8 Å². The fraction of sp³-hybridized carbons (Fsp3) is 0.263.